The van der Waals surface area contributed by atoms with Crippen molar-refractivity contribution in [2.24, 2.45) is 0 Å². The molecular formula is C31H45N3O8. The van der Waals surface area contributed by atoms with E-state index in [2.05, 4.69) is 0 Å². The van der Waals surface area contributed by atoms with E-state index in [1.165, 1.54) is 9.80 Å². The molecular weight excluding hydrogens is 542 g/mol. The van der Waals surface area contributed by atoms with Crippen LogP contribution in [0.2, 0.25) is 0 Å². The molecule has 0 bridgehead atoms. The molecule has 0 heterocycles. The third kappa shape index (κ3) is 11.2. The molecule has 0 aromatic heterocycles. The standard InChI is InChI=1S/C31H45N3O8/c35-19-13-32(14-20-36)29(11-5-25-1-7-27(8-2-25)30(41)33(15-21-37)16-22-38)12-6-26-3-9-28(10-4-26)31(42)34(17-23-39)18-24-40/h1-4,7-11,35-40H,5-6,12-24H2. The predicted molar refractivity (Wildman–Crippen MR) is 159 cm³/mol. The summed E-state index contributed by atoms with van der Waals surface area (Å²) < 4.78 is 0. The van der Waals surface area contributed by atoms with Crippen molar-refractivity contribution in [1.29, 1.82) is 0 Å². The van der Waals surface area contributed by atoms with Gasteiger partial charge in [-0.3, -0.25) is 9.59 Å². The number of hydrogen-bond acceptors (Lipinski definition) is 9. The van der Waals surface area contributed by atoms with Gasteiger partial charge in [-0.2, -0.15) is 0 Å². The van der Waals surface area contributed by atoms with E-state index in [9.17, 15) is 40.2 Å². The van der Waals surface area contributed by atoms with Crippen LogP contribution in [0.5, 0.6) is 0 Å². The number of nitrogens with zero attached hydrogens (tertiary/aromatic N) is 3. The minimum atomic E-state index is -0.264. The van der Waals surface area contributed by atoms with Gasteiger partial charge in [-0.05, 0) is 54.7 Å². The quantitative estimate of drug-likeness (QED) is 0.124. The molecule has 0 saturated carbocycles. The Labute approximate surface area is 247 Å². The highest BCUT2D eigenvalue weighted by molar-refractivity contribution is 5.94. The van der Waals surface area contributed by atoms with Gasteiger partial charge in [-0.15, -0.1) is 0 Å². The second-order valence-electron chi connectivity index (χ2n) is 9.71. The molecule has 0 fully saturated rings. The molecule has 0 aliphatic carbocycles. The molecule has 2 aromatic carbocycles. The van der Waals surface area contributed by atoms with E-state index >= 15 is 0 Å². The fraction of sp³-hybridized carbons (Fsp3) is 0.484. The second kappa shape index (κ2) is 19.7. The molecule has 0 saturated heterocycles. The van der Waals surface area contributed by atoms with Gasteiger partial charge in [0.05, 0.1) is 39.6 Å². The van der Waals surface area contributed by atoms with E-state index in [0.717, 1.165) is 16.8 Å². The SMILES string of the molecule is O=C(c1ccc(CC=C(CCc2ccc(C(=O)N(CCO)CCO)cc2)N(CCO)CCO)cc1)N(CCO)CCO. The Morgan fingerprint density at radius 2 is 0.881 bits per heavy atom. The largest absolute Gasteiger partial charge is 0.395 e. The minimum Gasteiger partial charge on any atom is -0.395 e. The zero-order valence-electron chi connectivity index (χ0n) is 24.1. The summed E-state index contributed by atoms with van der Waals surface area (Å²) in [6.45, 7) is 0.417. The second-order valence-corrected chi connectivity index (χ2v) is 9.71. The van der Waals surface area contributed by atoms with Crippen molar-refractivity contribution < 1.29 is 40.2 Å². The summed E-state index contributed by atoms with van der Waals surface area (Å²) in [5.41, 5.74) is 3.85. The van der Waals surface area contributed by atoms with Crippen LogP contribution in [0.1, 0.15) is 38.3 Å². The molecule has 0 atom stereocenters. The van der Waals surface area contributed by atoms with E-state index in [0.29, 0.717) is 43.5 Å². The summed E-state index contributed by atoms with van der Waals surface area (Å²) in [6.07, 6.45) is 3.89. The number of rotatable bonds is 20. The van der Waals surface area contributed by atoms with Crippen LogP contribution in [0.25, 0.3) is 0 Å². The number of amides is 2. The normalized spacial score (nSPS) is 11.4. The molecule has 0 aliphatic rings. The number of aliphatic hydroxyl groups excluding tert-OH is 6. The first-order valence-electron chi connectivity index (χ1n) is 14.3. The Morgan fingerprint density at radius 3 is 1.26 bits per heavy atom. The third-order valence-corrected chi connectivity index (χ3v) is 6.85. The number of aryl methyl sites for hydroxylation is 1. The maximum atomic E-state index is 12.7. The van der Waals surface area contributed by atoms with Gasteiger partial charge in [0.25, 0.3) is 11.8 Å². The number of carbonyl (C=O) groups is 2. The van der Waals surface area contributed by atoms with Crippen LogP contribution in [0.15, 0.2) is 60.3 Å². The molecule has 11 heteroatoms. The third-order valence-electron chi connectivity index (χ3n) is 6.85. The monoisotopic (exact) mass is 587 g/mol. The molecule has 2 rings (SSSR count). The lowest BCUT2D eigenvalue weighted by molar-refractivity contribution is 0.0680. The number of allylic oxidation sites excluding steroid dienone is 2. The minimum absolute atomic E-state index is 0.0681. The average molecular weight is 588 g/mol. The van der Waals surface area contributed by atoms with Crippen LogP contribution in [0, 0.1) is 0 Å². The first-order chi connectivity index (χ1) is 20.4. The van der Waals surface area contributed by atoms with Crippen molar-refractivity contribution in [3.63, 3.8) is 0 Å². The van der Waals surface area contributed by atoms with E-state index in [4.69, 9.17) is 0 Å². The van der Waals surface area contributed by atoms with E-state index in [-0.39, 0.29) is 77.6 Å². The zero-order valence-corrected chi connectivity index (χ0v) is 24.1. The Kier molecular flexibility index (Phi) is 16.4. The smallest absolute Gasteiger partial charge is 0.254 e. The van der Waals surface area contributed by atoms with Crippen molar-refractivity contribution in [2.45, 2.75) is 19.3 Å². The molecule has 6 N–H and O–H groups in total. The molecule has 2 aromatic rings. The summed E-state index contributed by atoms with van der Waals surface area (Å²) in [5.74, 6) is -0.523. The Hall–Kier alpha value is -3.32. The lowest BCUT2D eigenvalue weighted by Crippen LogP contribution is -2.35. The van der Waals surface area contributed by atoms with Gasteiger partial charge in [0.2, 0.25) is 0 Å². The van der Waals surface area contributed by atoms with E-state index < -0.39 is 0 Å². The van der Waals surface area contributed by atoms with Gasteiger partial charge >= 0.3 is 0 Å². The van der Waals surface area contributed by atoms with E-state index in [1.807, 2.05) is 35.2 Å². The predicted octanol–water partition coefficient (Wildman–Crippen LogP) is -0.114. The van der Waals surface area contributed by atoms with Gasteiger partial charge < -0.3 is 45.3 Å². The summed E-state index contributed by atoms with van der Waals surface area (Å²) >= 11 is 0. The number of aliphatic hydroxyl groups is 6. The molecule has 0 radical (unpaired) electrons. The Balaban J connectivity index is 2.15. The van der Waals surface area contributed by atoms with Crippen LogP contribution in [-0.2, 0) is 12.8 Å². The lowest BCUT2D eigenvalue weighted by Gasteiger charge is -2.26. The molecule has 0 aliphatic heterocycles. The molecule has 0 spiro atoms. The first-order valence-corrected chi connectivity index (χ1v) is 14.3. The van der Waals surface area contributed by atoms with Crippen molar-refractivity contribution in [2.75, 3.05) is 78.9 Å². The fourth-order valence-corrected chi connectivity index (χ4v) is 4.61. The average Bonchev–Trinajstić information content (AvgIpc) is 3.01. The van der Waals surface area contributed by atoms with Crippen molar-refractivity contribution >= 4 is 11.8 Å². The summed E-state index contributed by atoms with van der Waals surface area (Å²) in [4.78, 5) is 30.2. The number of hydrogen-bond donors (Lipinski definition) is 6. The zero-order chi connectivity index (χ0) is 30.7. The fourth-order valence-electron chi connectivity index (χ4n) is 4.61. The number of benzene rings is 2. The van der Waals surface area contributed by atoms with Gasteiger partial charge in [0, 0.05) is 56.1 Å². The summed E-state index contributed by atoms with van der Waals surface area (Å²) in [5, 5.41) is 56.0. The van der Waals surface area contributed by atoms with Gasteiger partial charge in [0.1, 0.15) is 0 Å². The van der Waals surface area contributed by atoms with Crippen molar-refractivity contribution in [3.05, 3.63) is 82.6 Å². The molecule has 2 amide bonds. The molecule has 0 unspecified atom stereocenters. The molecule has 42 heavy (non-hydrogen) atoms. The number of carbonyl (C=O) groups excluding carboxylic acids is 2. The van der Waals surface area contributed by atoms with Crippen molar-refractivity contribution in [3.8, 4) is 0 Å². The van der Waals surface area contributed by atoms with Crippen LogP contribution in [-0.4, -0.2) is 136 Å². The maximum absolute atomic E-state index is 12.7. The summed E-state index contributed by atoms with van der Waals surface area (Å²) in [6, 6.07) is 14.3. The highest BCUT2D eigenvalue weighted by Gasteiger charge is 2.16. The van der Waals surface area contributed by atoms with Crippen LogP contribution in [0.3, 0.4) is 0 Å². The Bertz CT molecular complexity index is 1070. The topological polar surface area (TPSA) is 165 Å². The molecule has 232 valence electrons. The maximum Gasteiger partial charge on any atom is 0.254 e. The van der Waals surface area contributed by atoms with Crippen LogP contribution >= 0.6 is 0 Å². The van der Waals surface area contributed by atoms with Crippen LogP contribution < -0.4 is 0 Å². The first kappa shape index (κ1) is 34.9. The van der Waals surface area contributed by atoms with Gasteiger partial charge in [-0.25, -0.2) is 0 Å². The van der Waals surface area contributed by atoms with E-state index in [1.54, 1.807) is 24.3 Å². The van der Waals surface area contributed by atoms with Crippen molar-refractivity contribution in [1.82, 2.24) is 14.7 Å². The van der Waals surface area contributed by atoms with Gasteiger partial charge in [0.15, 0.2) is 0 Å². The highest BCUT2D eigenvalue weighted by atomic mass is 16.3. The molecule has 11 nitrogen and oxygen atoms in total. The van der Waals surface area contributed by atoms with Gasteiger partial charge in [-0.1, -0.05) is 30.3 Å². The highest BCUT2D eigenvalue weighted by Crippen LogP contribution is 2.17. The summed E-state index contributed by atoms with van der Waals surface area (Å²) in [7, 11) is 0. The Morgan fingerprint density at radius 1 is 0.524 bits per heavy atom. The lowest BCUT2D eigenvalue weighted by atomic mass is 10.0. The van der Waals surface area contributed by atoms with Crippen LogP contribution in [0.4, 0.5) is 0 Å².